The maximum atomic E-state index is 12.0. The molecule has 1 aromatic heterocycles. The predicted octanol–water partition coefficient (Wildman–Crippen LogP) is 2.15. The van der Waals surface area contributed by atoms with Crippen LogP contribution in [0.1, 0.15) is 15.9 Å². The van der Waals surface area contributed by atoms with E-state index in [1.807, 2.05) is 6.07 Å². The predicted molar refractivity (Wildman–Crippen MR) is 86.7 cm³/mol. The second-order valence-electron chi connectivity index (χ2n) is 4.35. The number of carbonyl (C=O) groups excluding carboxylic acids is 2. The number of ether oxygens (including phenoxy) is 1. The van der Waals surface area contributed by atoms with Gasteiger partial charge in [0.15, 0.2) is 6.61 Å². The van der Waals surface area contributed by atoms with Gasteiger partial charge < -0.3 is 10.1 Å². The fourth-order valence-electron chi connectivity index (χ4n) is 1.75. The number of benzene rings is 1. The summed E-state index contributed by atoms with van der Waals surface area (Å²) in [6.07, 6.45) is 1.46. The zero-order chi connectivity index (χ0) is 16.8. The van der Waals surface area contributed by atoms with Crippen LogP contribution in [0.5, 0.6) is 0 Å². The topological polar surface area (TPSA) is 96.3 Å². The minimum Gasteiger partial charge on any atom is -0.452 e. The Kier molecular flexibility index (Phi) is 5.62. The third kappa shape index (κ3) is 4.25. The first-order chi connectivity index (χ1) is 11.0. The number of nitrogens with one attached hydrogen (secondary N) is 1. The lowest BCUT2D eigenvalue weighted by atomic mass is 10.2. The standard InChI is InChI=1S/C15H12N2O4S2/c1-23(20)12-5-3-2-4-11(12)15(19)21-9-13(18)17-14-10(8-16)6-7-22-14/h2-7H,9H2,1H3,(H,17,18)/t23-/m1/s1. The first kappa shape index (κ1) is 16.9. The smallest absolute Gasteiger partial charge is 0.339 e. The summed E-state index contributed by atoms with van der Waals surface area (Å²) < 4.78 is 16.5. The van der Waals surface area contributed by atoms with Gasteiger partial charge in [0.05, 0.1) is 26.8 Å². The van der Waals surface area contributed by atoms with Crippen LogP contribution in [-0.2, 0) is 20.3 Å². The van der Waals surface area contributed by atoms with Gasteiger partial charge in [-0.2, -0.15) is 5.26 Å². The molecule has 0 fully saturated rings. The zero-order valence-electron chi connectivity index (χ0n) is 12.1. The SMILES string of the molecule is C[S@@](=O)c1ccccc1C(=O)OCC(=O)Nc1sccc1C#N. The molecule has 0 saturated carbocycles. The molecule has 0 radical (unpaired) electrons. The first-order valence-electron chi connectivity index (χ1n) is 6.40. The minimum atomic E-state index is -1.34. The van der Waals surface area contributed by atoms with Crippen molar-refractivity contribution in [3.8, 4) is 6.07 Å². The molecule has 0 saturated heterocycles. The van der Waals surface area contributed by atoms with E-state index in [1.165, 1.54) is 23.7 Å². The van der Waals surface area contributed by atoms with E-state index in [2.05, 4.69) is 5.32 Å². The van der Waals surface area contributed by atoms with E-state index in [0.29, 0.717) is 15.5 Å². The van der Waals surface area contributed by atoms with Gasteiger partial charge >= 0.3 is 5.97 Å². The molecule has 1 amide bonds. The number of thiophene rings is 1. The van der Waals surface area contributed by atoms with Gasteiger partial charge in [-0.15, -0.1) is 11.3 Å². The van der Waals surface area contributed by atoms with Crippen LogP contribution in [0.15, 0.2) is 40.6 Å². The van der Waals surface area contributed by atoms with Crippen molar-refractivity contribution in [1.29, 1.82) is 5.26 Å². The molecule has 0 spiro atoms. The summed E-state index contributed by atoms with van der Waals surface area (Å²) in [4.78, 5) is 24.1. The van der Waals surface area contributed by atoms with E-state index < -0.39 is 29.3 Å². The molecule has 1 atom stereocenters. The van der Waals surface area contributed by atoms with Crippen LogP contribution < -0.4 is 5.32 Å². The second-order valence-corrected chi connectivity index (χ2v) is 6.61. The number of nitrogens with zero attached hydrogens (tertiary/aromatic N) is 1. The number of esters is 1. The Balaban J connectivity index is 1.98. The summed E-state index contributed by atoms with van der Waals surface area (Å²) >= 11 is 1.20. The summed E-state index contributed by atoms with van der Waals surface area (Å²) in [6.45, 7) is -0.494. The van der Waals surface area contributed by atoms with E-state index >= 15 is 0 Å². The quantitative estimate of drug-likeness (QED) is 0.835. The molecule has 23 heavy (non-hydrogen) atoms. The Labute approximate surface area is 139 Å². The molecule has 1 aromatic carbocycles. The van der Waals surface area contributed by atoms with Gasteiger partial charge in [0.2, 0.25) is 0 Å². The van der Waals surface area contributed by atoms with E-state index in [4.69, 9.17) is 10.00 Å². The molecular weight excluding hydrogens is 336 g/mol. The number of anilines is 1. The normalized spacial score (nSPS) is 11.3. The molecule has 0 aliphatic carbocycles. The Morgan fingerprint density at radius 2 is 2.09 bits per heavy atom. The van der Waals surface area contributed by atoms with Gasteiger partial charge in [0.25, 0.3) is 5.91 Å². The number of hydrogen-bond acceptors (Lipinski definition) is 6. The Bertz CT molecular complexity index is 808. The first-order valence-corrected chi connectivity index (χ1v) is 8.83. The van der Waals surface area contributed by atoms with Crippen molar-refractivity contribution in [2.45, 2.75) is 4.90 Å². The summed E-state index contributed by atoms with van der Waals surface area (Å²) in [5.41, 5.74) is 0.511. The molecule has 118 valence electrons. The van der Waals surface area contributed by atoms with Crippen molar-refractivity contribution in [3.63, 3.8) is 0 Å². The molecule has 8 heteroatoms. The molecule has 6 nitrogen and oxygen atoms in total. The molecule has 1 heterocycles. The van der Waals surface area contributed by atoms with Crippen LogP contribution in [0.25, 0.3) is 0 Å². The highest BCUT2D eigenvalue weighted by Gasteiger charge is 2.16. The molecule has 0 aliphatic heterocycles. The highest BCUT2D eigenvalue weighted by Crippen LogP contribution is 2.22. The Hall–Kier alpha value is -2.50. The van der Waals surface area contributed by atoms with E-state index in [1.54, 1.807) is 29.6 Å². The fraction of sp³-hybridized carbons (Fsp3) is 0.133. The average molecular weight is 348 g/mol. The molecule has 0 unspecified atom stereocenters. The number of hydrogen-bond donors (Lipinski definition) is 1. The van der Waals surface area contributed by atoms with Gasteiger partial charge in [0.1, 0.15) is 11.1 Å². The number of carbonyl (C=O) groups is 2. The summed E-state index contributed by atoms with van der Waals surface area (Å²) in [5, 5.41) is 13.4. The lowest BCUT2D eigenvalue weighted by Gasteiger charge is -2.08. The molecule has 1 N–H and O–H groups in total. The van der Waals surface area contributed by atoms with E-state index in [-0.39, 0.29) is 5.56 Å². The molecule has 0 bridgehead atoms. The van der Waals surface area contributed by atoms with Crippen LogP contribution in [0.3, 0.4) is 0 Å². The van der Waals surface area contributed by atoms with E-state index in [9.17, 15) is 13.8 Å². The minimum absolute atomic E-state index is 0.162. The summed E-state index contributed by atoms with van der Waals surface area (Å²) in [7, 11) is -1.34. The van der Waals surface area contributed by atoms with Gasteiger partial charge in [-0.1, -0.05) is 12.1 Å². The Morgan fingerprint density at radius 1 is 1.35 bits per heavy atom. The summed E-state index contributed by atoms with van der Waals surface area (Å²) in [5.74, 6) is -1.27. The number of amides is 1. The summed E-state index contributed by atoms with van der Waals surface area (Å²) in [6, 6.07) is 9.88. The molecule has 2 rings (SSSR count). The number of nitriles is 1. The maximum absolute atomic E-state index is 12.0. The lowest BCUT2D eigenvalue weighted by molar-refractivity contribution is -0.119. The number of rotatable bonds is 5. The van der Waals surface area contributed by atoms with Crippen molar-refractivity contribution < 1.29 is 18.5 Å². The van der Waals surface area contributed by atoms with Crippen molar-refractivity contribution in [2.24, 2.45) is 0 Å². The monoisotopic (exact) mass is 348 g/mol. The van der Waals surface area contributed by atoms with Crippen LogP contribution in [-0.4, -0.2) is 28.9 Å². The van der Waals surface area contributed by atoms with Crippen molar-refractivity contribution in [1.82, 2.24) is 0 Å². The zero-order valence-corrected chi connectivity index (χ0v) is 13.7. The third-order valence-electron chi connectivity index (χ3n) is 2.79. The van der Waals surface area contributed by atoms with Crippen LogP contribution in [0.2, 0.25) is 0 Å². The van der Waals surface area contributed by atoms with Crippen LogP contribution in [0.4, 0.5) is 5.00 Å². The largest absolute Gasteiger partial charge is 0.452 e. The van der Waals surface area contributed by atoms with Crippen molar-refractivity contribution in [2.75, 3.05) is 18.2 Å². The highest BCUT2D eigenvalue weighted by atomic mass is 32.2. The van der Waals surface area contributed by atoms with Gasteiger partial charge in [-0.05, 0) is 23.6 Å². The molecule has 0 aliphatic rings. The fourth-order valence-corrected chi connectivity index (χ4v) is 3.24. The van der Waals surface area contributed by atoms with Gasteiger partial charge in [0, 0.05) is 6.26 Å². The van der Waals surface area contributed by atoms with Crippen LogP contribution in [0, 0.1) is 11.3 Å². The lowest BCUT2D eigenvalue weighted by Crippen LogP contribution is -2.21. The van der Waals surface area contributed by atoms with Crippen LogP contribution >= 0.6 is 11.3 Å². The van der Waals surface area contributed by atoms with Gasteiger partial charge in [-0.3, -0.25) is 9.00 Å². The van der Waals surface area contributed by atoms with Gasteiger partial charge in [-0.25, -0.2) is 4.79 Å². The maximum Gasteiger partial charge on any atom is 0.339 e. The van der Waals surface area contributed by atoms with Crippen molar-refractivity contribution in [3.05, 3.63) is 46.8 Å². The average Bonchev–Trinajstić information content (AvgIpc) is 2.99. The third-order valence-corrected chi connectivity index (χ3v) is 4.59. The van der Waals surface area contributed by atoms with Crippen molar-refractivity contribution >= 4 is 39.0 Å². The molecule has 2 aromatic rings. The highest BCUT2D eigenvalue weighted by molar-refractivity contribution is 7.84. The van der Waals surface area contributed by atoms with E-state index in [0.717, 1.165) is 0 Å². The second kappa shape index (κ2) is 7.67. The Morgan fingerprint density at radius 3 is 2.78 bits per heavy atom. The molecular formula is C15H12N2O4S2.